The average molecular weight is 346 g/mol. The molecule has 6 atom stereocenters. The first kappa shape index (κ1) is 17.9. The van der Waals surface area contributed by atoms with Gasteiger partial charge in [-0.25, -0.2) is 9.59 Å². The van der Waals surface area contributed by atoms with Crippen molar-refractivity contribution in [1.29, 1.82) is 0 Å². The molecule has 0 aromatic carbocycles. The number of carbonyl (C=O) groups excluding carboxylic acids is 2. The first-order valence-electron chi connectivity index (χ1n) is 8.79. The molecule has 1 N–H and O–H groups in total. The summed E-state index contributed by atoms with van der Waals surface area (Å²) in [7, 11) is 0. The van der Waals surface area contributed by atoms with Crippen LogP contribution in [0.15, 0.2) is 35.5 Å². The molecular weight excluding hydrogens is 320 g/mol. The molecule has 0 amide bonds. The molecule has 3 rings (SSSR count). The van der Waals surface area contributed by atoms with Gasteiger partial charge in [0.1, 0.15) is 12.2 Å². The molecule has 5 nitrogen and oxygen atoms in total. The van der Waals surface area contributed by atoms with Crippen molar-refractivity contribution >= 4 is 11.9 Å². The van der Waals surface area contributed by atoms with E-state index in [0.717, 1.165) is 5.57 Å². The average Bonchev–Trinajstić information content (AvgIpc) is 2.85. The lowest BCUT2D eigenvalue weighted by atomic mass is 9.54. The van der Waals surface area contributed by atoms with Crippen LogP contribution in [0.3, 0.4) is 0 Å². The second kappa shape index (κ2) is 6.13. The smallest absolute Gasteiger partial charge is 0.334 e. The van der Waals surface area contributed by atoms with Crippen molar-refractivity contribution in [1.82, 2.24) is 0 Å². The molecule has 1 saturated carbocycles. The Morgan fingerprint density at radius 1 is 1.52 bits per heavy atom. The van der Waals surface area contributed by atoms with Gasteiger partial charge in [-0.3, -0.25) is 0 Å². The summed E-state index contributed by atoms with van der Waals surface area (Å²) in [6.45, 7) is 11.4. The van der Waals surface area contributed by atoms with Crippen LogP contribution in [0.2, 0.25) is 0 Å². The van der Waals surface area contributed by atoms with E-state index in [1.54, 1.807) is 19.9 Å². The molecule has 0 aromatic rings. The van der Waals surface area contributed by atoms with Crippen LogP contribution in [-0.2, 0) is 19.1 Å². The van der Waals surface area contributed by atoms with Gasteiger partial charge in [0.15, 0.2) is 0 Å². The fraction of sp³-hybridized carbons (Fsp3) is 0.600. The van der Waals surface area contributed by atoms with Gasteiger partial charge in [-0.05, 0) is 33.6 Å². The third-order valence-corrected chi connectivity index (χ3v) is 6.27. The Morgan fingerprint density at radius 2 is 2.20 bits per heavy atom. The lowest BCUT2D eigenvalue weighted by Crippen LogP contribution is -2.57. The van der Waals surface area contributed by atoms with Gasteiger partial charge in [-0.1, -0.05) is 31.2 Å². The van der Waals surface area contributed by atoms with E-state index in [1.165, 1.54) is 0 Å². The monoisotopic (exact) mass is 346 g/mol. The fourth-order valence-electron chi connectivity index (χ4n) is 4.66. The third-order valence-electron chi connectivity index (χ3n) is 6.27. The van der Waals surface area contributed by atoms with Gasteiger partial charge >= 0.3 is 11.9 Å². The van der Waals surface area contributed by atoms with Crippen molar-refractivity contribution < 1.29 is 24.2 Å². The summed E-state index contributed by atoms with van der Waals surface area (Å²) in [6, 6.07) is 0. The van der Waals surface area contributed by atoms with E-state index in [2.05, 4.69) is 6.58 Å². The minimum atomic E-state index is -0.571. The number of fused-ring (bicyclic) bond motifs is 3. The summed E-state index contributed by atoms with van der Waals surface area (Å²) in [5, 5.41) is 10.7. The number of rotatable bonds is 2. The summed E-state index contributed by atoms with van der Waals surface area (Å²) in [5.74, 6) is -1.30. The van der Waals surface area contributed by atoms with Gasteiger partial charge in [0.25, 0.3) is 0 Å². The molecule has 1 aliphatic heterocycles. The van der Waals surface area contributed by atoms with E-state index in [-0.39, 0.29) is 11.8 Å². The number of carbonyl (C=O) groups is 2. The van der Waals surface area contributed by atoms with Crippen molar-refractivity contribution in [3.63, 3.8) is 0 Å². The Hall–Kier alpha value is -1.88. The fourth-order valence-corrected chi connectivity index (χ4v) is 4.66. The van der Waals surface area contributed by atoms with Gasteiger partial charge in [-0.15, -0.1) is 0 Å². The maximum Gasteiger partial charge on any atom is 0.334 e. The summed E-state index contributed by atoms with van der Waals surface area (Å²) in [5.41, 5.74) is 1.47. The molecule has 2 aliphatic carbocycles. The highest BCUT2D eigenvalue weighted by Gasteiger charge is 2.61. The largest absolute Gasteiger partial charge is 0.458 e. The molecule has 0 unspecified atom stereocenters. The summed E-state index contributed by atoms with van der Waals surface area (Å²) < 4.78 is 11.4. The second-order valence-corrected chi connectivity index (χ2v) is 7.72. The predicted molar refractivity (Wildman–Crippen MR) is 92.4 cm³/mol. The van der Waals surface area contributed by atoms with Crippen molar-refractivity contribution in [2.24, 2.45) is 17.3 Å². The Morgan fingerprint density at radius 3 is 2.84 bits per heavy atom. The molecule has 3 aliphatic rings. The first-order valence-corrected chi connectivity index (χ1v) is 8.79. The molecule has 25 heavy (non-hydrogen) atoms. The first-order chi connectivity index (χ1) is 11.7. The molecular formula is C20H26O5. The standard InChI is InChI=1S/C20H26O5/c1-6-10(2)18(22)24-13-9-20(5)14(21)8-7-11(3)16(20)17-15(13)12(4)19(23)25-17/h6-7,13-17,21H,4,8-9H2,1-3,5H3/b10-6+/t13-,14-,15-,16-,17+,20+/m1/s1. The number of hydrogen-bond donors (Lipinski definition) is 1. The third kappa shape index (κ3) is 2.65. The minimum Gasteiger partial charge on any atom is -0.458 e. The van der Waals surface area contributed by atoms with E-state index in [1.807, 2.05) is 19.9 Å². The molecule has 0 spiro atoms. The number of aliphatic hydroxyl groups excluding tert-OH is 1. The van der Waals surface area contributed by atoms with Gasteiger partial charge in [-0.2, -0.15) is 0 Å². The molecule has 1 heterocycles. The van der Waals surface area contributed by atoms with E-state index in [4.69, 9.17) is 9.47 Å². The van der Waals surface area contributed by atoms with Crippen LogP contribution >= 0.6 is 0 Å². The zero-order valence-electron chi connectivity index (χ0n) is 15.2. The summed E-state index contributed by atoms with van der Waals surface area (Å²) in [4.78, 5) is 24.5. The maximum absolute atomic E-state index is 12.3. The molecule has 136 valence electrons. The van der Waals surface area contributed by atoms with Crippen molar-refractivity contribution in [3.8, 4) is 0 Å². The highest BCUT2D eigenvalue weighted by Crippen LogP contribution is 2.56. The number of allylic oxidation sites excluding steroid dienone is 1. The molecule has 0 bridgehead atoms. The SMILES string of the molecule is C=C1C(=O)O[C@H]2[C@H]1[C@H](OC(=O)/C(C)=C/C)C[C@@]1(C)[C@H](O)CC=C(C)[C@H]21. The Bertz CT molecular complexity index is 688. The molecule has 0 aromatic heterocycles. The highest BCUT2D eigenvalue weighted by molar-refractivity contribution is 5.92. The van der Waals surface area contributed by atoms with Gasteiger partial charge in [0.05, 0.1) is 12.0 Å². The van der Waals surface area contributed by atoms with Crippen molar-refractivity contribution in [2.75, 3.05) is 0 Å². The number of ether oxygens (including phenoxy) is 2. The predicted octanol–water partition coefficient (Wildman–Crippen LogP) is 2.70. The van der Waals surface area contributed by atoms with E-state index in [9.17, 15) is 14.7 Å². The topological polar surface area (TPSA) is 72.8 Å². The summed E-state index contributed by atoms with van der Waals surface area (Å²) in [6.07, 6.45) is 3.18. The molecule has 0 radical (unpaired) electrons. The van der Waals surface area contributed by atoms with Crippen LogP contribution in [-0.4, -0.2) is 35.4 Å². The van der Waals surface area contributed by atoms with Gasteiger partial charge < -0.3 is 14.6 Å². The number of esters is 2. The lowest BCUT2D eigenvalue weighted by Gasteiger charge is -2.53. The zero-order chi connectivity index (χ0) is 18.5. The number of hydrogen-bond acceptors (Lipinski definition) is 5. The molecule has 2 fully saturated rings. The van der Waals surface area contributed by atoms with E-state index >= 15 is 0 Å². The van der Waals surface area contributed by atoms with Crippen LogP contribution < -0.4 is 0 Å². The zero-order valence-corrected chi connectivity index (χ0v) is 15.2. The maximum atomic E-state index is 12.3. The summed E-state index contributed by atoms with van der Waals surface area (Å²) >= 11 is 0. The minimum absolute atomic E-state index is 0.0952. The van der Waals surface area contributed by atoms with Crippen LogP contribution in [0.5, 0.6) is 0 Å². The van der Waals surface area contributed by atoms with E-state index < -0.39 is 35.7 Å². The van der Waals surface area contributed by atoms with Crippen molar-refractivity contribution in [2.45, 2.75) is 58.8 Å². The Labute approximate surface area is 148 Å². The molecule has 1 saturated heterocycles. The molecule has 5 heteroatoms. The Kier molecular flexibility index (Phi) is 4.40. The Balaban J connectivity index is 2.00. The van der Waals surface area contributed by atoms with Crippen LogP contribution in [0.25, 0.3) is 0 Å². The lowest BCUT2D eigenvalue weighted by molar-refractivity contribution is -0.172. The quantitative estimate of drug-likeness (QED) is 0.473. The number of aliphatic hydroxyl groups is 1. The van der Waals surface area contributed by atoms with Crippen LogP contribution in [0, 0.1) is 17.3 Å². The van der Waals surface area contributed by atoms with Gasteiger partial charge in [0.2, 0.25) is 0 Å². The highest BCUT2D eigenvalue weighted by atomic mass is 16.6. The van der Waals surface area contributed by atoms with E-state index in [0.29, 0.717) is 24.0 Å². The second-order valence-electron chi connectivity index (χ2n) is 7.72. The van der Waals surface area contributed by atoms with Crippen molar-refractivity contribution in [3.05, 3.63) is 35.5 Å². The normalized spacial score (nSPS) is 40.8. The van der Waals surface area contributed by atoms with Crippen LogP contribution in [0.1, 0.15) is 40.5 Å². The van der Waals surface area contributed by atoms with Crippen LogP contribution in [0.4, 0.5) is 0 Å². The van der Waals surface area contributed by atoms with Gasteiger partial charge in [0, 0.05) is 22.5 Å².